The van der Waals surface area contributed by atoms with Crippen LogP contribution in [0.25, 0.3) is 0 Å². The number of hydrogen-bond acceptors (Lipinski definition) is 4. The maximum atomic E-state index is 11.2. The lowest BCUT2D eigenvalue weighted by atomic mass is 9.91. The van der Waals surface area contributed by atoms with Gasteiger partial charge < -0.3 is 9.47 Å². The van der Waals surface area contributed by atoms with Crippen LogP contribution in [-0.2, 0) is 19.1 Å². The summed E-state index contributed by atoms with van der Waals surface area (Å²) in [7, 11) is 0. The Morgan fingerprint density at radius 2 is 1.38 bits per heavy atom. The number of carbonyl (C=O) groups excluding carboxylic acids is 2. The molecule has 4 nitrogen and oxygen atoms in total. The number of rotatable bonds is 0. The molecule has 0 bridgehead atoms. The van der Waals surface area contributed by atoms with Gasteiger partial charge in [-0.05, 0) is 6.42 Å². The first-order valence-corrected chi connectivity index (χ1v) is 4.60. The topological polar surface area (TPSA) is 52.6 Å². The monoisotopic (exact) mass is 182 g/mol. The molecule has 0 amide bonds. The van der Waals surface area contributed by atoms with Gasteiger partial charge in [-0.25, -0.2) is 0 Å². The second-order valence-electron chi connectivity index (χ2n) is 4.04. The van der Waals surface area contributed by atoms with Crippen LogP contribution >= 0.6 is 0 Å². The van der Waals surface area contributed by atoms with E-state index < -0.39 is 0 Å². The predicted octanol–water partition coefficient (Wildman–Crippen LogP) is -0.0315. The van der Waals surface area contributed by atoms with Crippen molar-refractivity contribution in [2.45, 2.75) is 6.42 Å². The standard InChI is InChI=1S/C9H10O4/c10-8-4-1-5-7(3-13-9(5)11)6(4)2-12-8/h4-7H,1-3H2. The van der Waals surface area contributed by atoms with E-state index in [1.54, 1.807) is 0 Å². The quantitative estimate of drug-likeness (QED) is 0.493. The van der Waals surface area contributed by atoms with Crippen molar-refractivity contribution < 1.29 is 19.1 Å². The summed E-state index contributed by atoms with van der Waals surface area (Å²) >= 11 is 0. The van der Waals surface area contributed by atoms with E-state index >= 15 is 0 Å². The molecule has 1 aliphatic carbocycles. The van der Waals surface area contributed by atoms with Crippen molar-refractivity contribution in [1.82, 2.24) is 0 Å². The summed E-state index contributed by atoms with van der Waals surface area (Å²) in [6.45, 7) is 0.975. The lowest BCUT2D eigenvalue weighted by Gasteiger charge is -2.09. The summed E-state index contributed by atoms with van der Waals surface area (Å²) in [4.78, 5) is 22.4. The molecule has 0 spiro atoms. The van der Waals surface area contributed by atoms with Crippen LogP contribution < -0.4 is 0 Å². The van der Waals surface area contributed by atoms with Gasteiger partial charge in [0.15, 0.2) is 0 Å². The van der Waals surface area contributed by atoms with Crippen LogP contribution in [0.2, 0.25) is 0 Å². The minimum atomic E-state index is -0.118. The van der Waals surface area contributed by atoms with Crippen molar-refractivity contribution in [1.29, 1.82) is 0 Å². The van der Waals surface area contributed by atoms with Gasteiger partial charge in [0.2, 0.25) is 0 Å². The fourth-order valence-corrected chi connectivity index (χ4v) is 2.81. The lowest BCUT2D eigenvalue weighted by molar-refractivity contribution is -0.143. The maximum Gasteiger partial charge on any atom is 0.309 e. The molecule has 3 fully saturated rings. The lowest BCUT2D eigenvalue weighted by Crippen LogP contribution is -2.17. The van der Waals surface area contributed by atoms with Crippen LogP contribution in [-0.4, -0.2) is 25.2 Å². The molecule has 4 unspecified atom stereocenters. The molecular formula is C9H10O4. The van der Waals surface area contributed by atoms with Gasteiger partial charge in [-0.2, -0.15) is 0 Å². The number of hydrogen-bond donors (Lipinski definition) is 0. The van der Waals surface area contributed by atoms with Crippen molar-refractivity contribution in [2.24, 2.45) is 23.7 Å². The Morgan fingerprint density at radius 3 is 1.85 bits per heavy atom. The van der Waals surface area contributed by atoms with E-state index in [0.717, 1.165) is 0 Å². The highest BCUT2D eigenvalue weighted by Gasteiger charge is 2.56. The van der Waals surface area contributed by atoms with Crippen molar-refractivity contribution in [3.63, 3.8) is 0 Å². The van der Waals surface area contributed by atoms with Crippen LogP contribution in [0.15, 0.2) is 0 Å². The Kier molecular flexibility index (Phi) is 1.27. The van der Waals surface area contributed by atoms with Gasteiger partial charge in [0, 0.05) is 11.8 Å². The average molecular weight is 182 g/mol. The molecule has 0 N–H and O–H groups in total. The Balaban J connectivity index is 1.90. The van der Waals surface area contributed by atoms with Gasteiger partial charge in [-0.15, -0.1) is 0 Å². The number of cyclic esters (lactones) is 2. The Labute approximate surface area is 75.2 Å². The first-order chi connectivity index (χ1) is 6.27. The number of fused-ring (bicyclic) bond motifs is 3. The van der Waals surface area contributed by atoms with Crippen molar-refractivity contribution >= 4 is 11.9 Å². The minimum absolute atomic E-state index is 0.0251. The molecule has 1 saturated carbocycles. The van der Waals surface area contributed by atoms with E-state index in [0.29, 0.717) is 19.6 Å². The number of ether oxygens (including phenoxy) is 2. The molecule has 0 aromatic carbocycles. The highest BCUT2D eigenvalue weighted by molar-refractivity contribution is 5.80. The summed E-state index contributed by atoms with van der Waals surface area (Å²) in [6, 6.07) is 0. The second-order valence-corrected chi connectivity index (χ2v) is 4.04. The third-order valence-corrected chi connectivity index (χ3v) is 3.53. The molecule has 4 atom stereocenters. The molecule has 70 valence electrons. The molecule has 2 aliphatic heterocycles. The predicted molar refractivity (Wildman–Crippen MR) is 40.5 cm³/mol. The first-order valence-electron chi connectivity index (χ1n) is 4.60. The summed E-state index contributed by atoms with van der Waals surface area (Å²) < 4.78 is 9.92. The van der Waals surface area contributed by atoms with Crippen LogP contribution in [0.3, 0.4) is 0 Å². The molecule has 2 saturated heterocycles. The molecule has 2 heterocycles. The van der Waals surface area contributed by atoms with Gasteiger partial charge >= 0.3 is 11.9 Å². The van der Waals surface area contributed by atoms with E-state index in [1.165, 1.54) is 0 Å². The molecule has 13 heavy (non-hydrogen) atoms. The summed E-state index contributed by atoms with van der Waals surface area (Å²) in [5, 5.41) is 0. The van der Waals surface area contributed by atoms with Crippen molar-refractivity contribution in [2.75, 3.05) is 13.2 Å². The van der Waals surface area contributed by atoms with Crippen LogP contribution in [0, 0.1) is 23.7 Å². The van der Waals surface area contributed by atoms with E-state index in [1.807, 2.05) is 0 Å². The van der Waals surface area contributed by atoms with E-state index in [9.17, 15) is 9.59 Å². The average Bonchev–Trinajstić information content (AvgIpc) is 2.70. The third-order valence-electron chi connectivity index (χ3n) is 3.53. The van der Waals surface area contributed by atoms with Gasteiger partial charge in [-0.1, -0.05) is 0 Å². The molecule has 3 rings (SSSR count). The largest absolute Gasteiger partial charge is 0.465 e. The second kappa shape index (κ2) is 2.25. The summed E-state index contributed by atoms with van der Waals surface area (Å²) in [5.74, 6) is 0.193. The molecule has 4 heteroatoms. The Bertz CT molecular complexity index is 257. The fourth-order valence-electron chi connectivity index (χ4n) is 2.81. The van der Waals surface area contributed by atoms with E-state index in [2.05, 4.69) is 0 Å². The Hall–Kier alpha value is -1.06. The van der Waals surface area contributed by atoms with Crippen molar-refractivity contribution in [3.8, 4) is 0 Å². The van der Waals surface area contributed by atoms with Gasteiger partial charge in [0.05, 0.1) is 25.0 Å². The number of carbonyl (C=O) groups is 2. The van der Waals surface area contributed by atoms with Crippen LogP contribution in [0.1, 0.15) is 6.42 Å². The molecule has 3 aliphatic rings. The summed E-state index contributed by atoms with van der Waals surface area (Å²) in [6.07, 6.45) is 0.646. The van der Waals surface area contributed by atoms with Crippen LogP contribution in [0.5, 0.6) is 0 Å². The highest BCUT2D eigenvalue weighted by Crippen LogP contribution is 2.48. The first kappa shape index (κ1) is 7.35. The molecule has 0 aromatic rings. The zero-order valence-electron chi connectivity index (χ0n) is 7.06. The minimum Gasteiger partial charge on any atom is -0.465 e. The normalized spacial score (nSPS) is 47.1. The van der Waals surface area contributed by atoms with Crippen molar-refractivity contribution in [3.05, 3.63) is 0 Å². The zero-order chi connectivity index (χ0) is 9.00. The third kappa shape index (κ3) is 0.806. The molecule has 0 aromatic heterocycles. The SMILES string of the molecule is O=C1OCC2C1CC1C(=O)OCC12. The molecule has 0 radical (unpaired) electrons. The zero-order valence-corrected chi connectivity index (χ0v) is 7.06. The van der Waals surface area contributed by atoms with Gasteiger partial charge in [0.1, 0.15) is 0 Å². The van der Waals surface area contributed by atoms with E-state index in [-0.39, 0.29) is 35.6 Å². The smallest absolute Gasteiger partial charge is 0.309 e. The maximum absolute atomic E-state index is 11.2. The Morgan fingerprint density at radius 1 is 0.923 bits per heavy atom. The van der Waals surface area contributed by atoms with Gasteiger partial charge in [0.25, 0.3) is 0 Å². The fraction of sp³-hybridized carbons (Fsp3) is 0.778. The summed E-state index contributed by atoms with van der Waals surface area (Å²) in [5.41, 5.74) is 0. The van der Waals surface area contributed by atoms with E-state index in [4.69, 9.17) is 9.47 Å². The van der Waals surface area contributed by atoms with Gasteiger partial charge in [-0.3, -0.25) is 9.59 Å². The van der Waals surface area contributed by atoms with Crippen LogP contribution in [0.4, 0.5) is 0 Å². The number of esters is 2. The highest BCUT2D eigenvalue weighted by atomic mass is 16.5. The molecular weight excluding hydrogens is 172 g/mol.